The summed E-state index contributed by atoms with van der Waals surface area (Å²) in [5.41, 5.74) is 6.86. The van der Waals surface area contributed by atoms with Gasteiger partial charge >= 0.3 is 0 Å². The second kappa shape index (κ2) is 7.47. The van der Waals surface area contributed by atoms with Crippen molar-refractivity contribution in [3.8, 4) is 22.6 Å². The molecule has 0 spiro atoms. The van der Waals surface area contributed by atoms with Crippen molar-refractivity contribution >= 4 is 11.6 Å². The molecule has 22 heavy (non-hydrogen) atoms. The van der Waals surface area contributed by atoms with Crippen LogP contribution in [0.1, 0.15) is 12.0 Å². The fourth-order valence-electron chi connectivity index (χ4n) is 2.48. The van der Waals surface area contributed by atoms with Crippen LogP contribution in [-0.2, 0) is 6.42 Å². The molecule has 3 nitrogen and oxygen atoms in total. The van der Waals surface area contributed by atoms with Crippen LogP contribution in [0, 0.1) is 5.82 Å². The Morgan fingerprint density at radius 1 is 1.18 bits per heavy atom. The van der Waals surface area contributed by atoms with Crippen molar-refractivity contribution in [2.45, 2.75) is 12.8 Å². The molecule has 5 heteroatoms. The molecule has 1 aliphatic heterocycles. The number of hydrogen-bond donors (Lipinski definition) is 1. The maximum Gasteiger partial charge on any atom is 0.130 e. The molecule has 0 saturated carbocycles. The average Bonchev–Trinajstić information content (AvgIpc) is 2.56. The predicted octanol–water partition coefficient (Wildman–Crippen LogP) is 4.05. The SMILES string of the molecule is CN.COc1ccc(-c2cc(F)cc3c2OCCC3)c(Cl)c1. The van der Waals surface area contributed by atoms with E-state index < -0.39 is 0 Å². The minimum absolute atomic E-state index is 0.267. The number of nitrogens with two attached hydrogens (primary N) is 1. The van der Waals surface area contributed by atoms with Gasteiger partial charge in [-0.05, 0) is 55.8 Å². The maximum atomic E-state index is 13.8. The summed E-state index contributed by atoms with van der Waals surface area (Å²) >= 11 is 6.28. The minimum atomic E-state index is -0.267. The third kappa shape index (κ3) is 3.34. The van der Waals surface area contributed by atoms with Crippen molar-refractivity contribution in [3.63, 3.8) is 0 Å². The lowest BCUT2D eigenvalue weighted by molar-refractivity contribution is 0.289. The lowest BCUT2D eigenvalue weighted by Crippen LogP contribution is -2.10. The summed E-state index contributed by atoms with van der Waals surface area (Å²) in [6, 6.07) is 8.36. The fourth-order valence-corrected chi connectivity index (χ4v) is 2.76. The van der Waals surface area contributed by atoms with Gasteiger partial charge in [0.15, 0.2) is 0 Å². The van der Waals surface area contributed by atoms with Crippen LogP contribution in [0.4, 0.5) is 4.39 Å². The highest BCUT2D eigenvalue weighted by Crippen LogP contribution is 2.41. The lowest BCUT2D eigenvalue weighted by atomic mass is 9.97. The molecule has 0 amide bonds. The Morgan fingerprint density at radius 2 is 1.95 bits per heavy atom. The molecule has 0 aliphatic carbocycles. The van der Waals surface area contributed by atoms with Gasteiger partial charge in [0.25, 0.3) is 0 Å². The largest absolute Gasteiger partial charge is 0.497 e. The Labute approximate surface area is 134 Å². The van der Waals surface area contributed by atoms with Crippen LogP contribution in [-0.4, -0.2) is 20.8 Å². The first-order valence-electron chi connectivity index (χ1n) is 7.06. The summed E-state index contributed by atoms with van der Waals surface area (Å²) in [7, 11) is 3.08. The molecule has 0 saturated heterocycles. The van der Waals surface area contributed by atoms with E-state index in [1.54, 1.807) is 19.2 Å². The Hall–Kier alpha value is -1.78. The molecule has 0 radical (unpaired) electrons. The Balaban J connectivity index is 0.000000847. The summed E-state index contributed by atoms with van der Waals surface area (Å²) in [4.78, 5) is 0. The van der Waals surface area contributed by atoms with Gasteiger partial charge in [-0.15, -0.1) is 0 Å². The molecule has 0 aromatic heterocycles. The highest BCUT2D eigenvalue weighted by Gasteiger charge is 2.19. The summed E-state index contributed by atoms with van der Waals surface area (Å²) in [5, 5.41) is 0.520. The van der Waals surface area contributed by atoms with E-state index in [0.717, 1.165) is 29.7 Å². The van der Waals surface area contributed by atoms with E-state index in [4.69, 9.17) is 21.1 Å². The van der Waals surface area contributed by atoms with Gasteiger partial charge in [0.05, 0.1) is 18.7 Å². The summed E-state index contributed by atoms with van der Waals surface area (Å²) in [6.07, 6.45) is 1.74. The number of aryl methyl sites for hydroxylation is 1. The van der Waals surface area contributed by atoms with Gasteiger partial charge < -0.3 is 15.2 Å². The number of fused-ring (bicyclic) bond motifs is 1. The van der Waals surface area contributed by atoms with E-state index >= 15 is 0 Å². The van der Waals surface area contributed by atoms with Gasteiger partial charge in [-0.2, -0.15) is 0 Å². The average molecular weight is 324 g/mol. The number of methoxy groups -OCH3 is 1. The summed E-state index contributed by atoms with van der Waals surface area (Å²) in [6.45, 7) is 0.652. The van der Waals surface area contributed by atoms with E-state index in [9.17, 15) is 4.39 Å². The van der Waals surface area contributed by atoms with Crippen molar-refractivity contribution in [1.29, 1.82) is 0 Å². The zero-order valence-electron chi connectivity index (χ0n) is 12.7. The third-order valence-electron chi connectivity index (χ3n) is 3.43. The van der Waals surface area contributed by atoms with Crippen molar-refractivity contribution in [3.05, 3.63) is 46.7 Å². The van der Waals surface area contributed by atoms with E-state index in [0.29, 0.717) is 22.9 Å². The molecule has 3 rings (SSSR count). The first-order valence-corrected chi connectivity index (χ1v) is 7.43. The fraction of sp³-hybridized carbons (Fsp3) is 0.294. The third-order valence-corrected chi connectivity index (χ3v) is 3.75. The van der Waals surface area contributed by atoms with Crippen LogP contribution in [0.3, 0.4) is 0 Å². The Kier molecular flexibility index (Phi) is 5.63. The molecule has 0 fully saturated rings. The molecule has 1 aliphatic rings. The molecular weight excluding hydrogens is 305 g/mol. The van der Waals surface area contributed by atoms with Gasteiger partial charge in [-0.1, -0.05) is 11.6 Å². The lowest BCUT2D eigenvalue weighted by Gasteiger charge is -2.21. The molecule has 118 valence electrons. The van der Waals surface area contributed by atoms with Crippen LogP contribution < -0.4 is 15.2 Å². The highest BCUT2D eigenvalue weighted by atomic mass is 35.5. The van der Waals surface area contributed by atoms with Crippen LogP contribution >= 0.6 is 11.6 Å². The second-order valence-corrected chi connectivity index (χ2v) is 5.15. The molecule has 2 N–H and O–H groups in total. The van der Waals surface area contributed by atoms with E-state index in [2.05, 4.69) is 5.73 Å². The first kappa shape index (κ1) is 16.6. The van der Waals surface area contributed by atoms with E-state index in [1.807, 2.05) is 6.07 Å². The highest BCUT2D eigenvalue weighted by molar-refractivity contribution is 6.33. The Morgan fingerprint density at radius 3 is 2.64 bits per heavy atom. The summed E-state index contributed by atoms with van der Waals surface area (Å²) in [5.74, 6) is 1.14. The monoisotopic (exact) mass is 323 g/mol. The number of halogens is 2. The van der Waals surface area contributed by atoms with Gasteiger partial charge in [0.2, 0.25) is 0 Å². The van der Waals surface area contributed by atoms with Crippen molar-refractivity contribution < 1.29 is 13.9 Å². The Bertz CT molecular complexity index is 661. The van der Waals surface area contributed by atoms with Gasteiger partial charge in [0, 0.05) is 11.1 Å². The maximum absolute atomic E-state index is 13.8. The van der Waals surface area contributed by atoms with Gasteiger partial charge in [-0.3, -0.25) is 0 Å². The van der Waals surface area contributed by atoms with Crippen LogP contribution in [0.25, 0.3) is 11.1 Å². The minimum Gasteiger partial charge on any atom is -0.497 e. The van der Waals surface area contributed by atoms with Crippen LogP contribution in [0.2, 0.25) is 5.02 Å². The van der Waals surface area contributed by atoms with Crippen molar-refractivity contribution in [2.24, 2.45) is 5.73 Å². The molecule has 0 bridgehead atoms. The molecule has 1 heterocycles. The van der Waals surface area contributed by atoms with E-state index in [1.165, 1.54) is 19.2 Å². The molecular formula is C17H19ClFNO2. The normalized spacial score (nSPS) is 12.6. The second-order valence-electron chi connectivity index (χ2n) is 4.74. The van der Waals surface area contributed by atoms with Crippen LogP contribution in [0.5, 0.6) is 11.5 Å². The standard InChI is InChI=1S/C16H14ClFO2.CH5N/c1-19-12-4-5-13(15(17)9-12)14-8-11(18)7-10-3-2-6-20-16(10)14;1-2/h4-5,7-9H,2-3,6H2,1H3;2H2,1H3. The topological polar surface area (TPSA) is 44.5 Å². The molecule has 0 unspecified atom stereocenters. The van der Waals surface area contributed by atoms with Crippen molar-refractivity contribution in [1.82, 2.24) is 0 Å². The molecule has 2 aromatic carbocycles. The number of ether oxygens (including phenoxy) is 2. The number of benzene rings is 2. The quantitative estimate of drug-likeness (QED) is 0.906. The van der Waals surface area contributed by atoms with Gasteiger partial charge in [0.1, 0.15) is 17.3 Å². The van der Waals surface area contributed by atoms with Gasteiger partial charge in [-0.25, -0.2) is 4.39 Å². The number of hydrogen-bond acceptors (Lipinski definition) is 3. The zero-order valence-corrected chi connectivity index (χ0v) is 13.4. The van der Waals surface area contributed by atoms with Crippen LogP contribution in [0.15, 0.2) is 30.3 Å². The molecule has 0 atom stereocenters. The van der Waals surface area contributed by atoms with E-state index in [-0.39, 0.29) is 5.82 Å². The van der Waals surface area contributed by atoms with Crippen molar-refractivity contribution in [2.75, 3.05) is 20.8 Å². The smallest absolute Gasteiger partial charge is 0.130 e. The number of rotatable bonds is 2. The predicted molar refractivity (Wildman–Crippen MR) is 87.3 cm³/mol. The first-order chi connectivity index (χ1) is 10.7. The summed E-state index contributed by atoms with van der Waals surface area (Å²) < 4.78 is 24.6. The zero-order chi connectivity index (χ0) is 16.1. The molecule has 2 aromatic rings.